The van der Waals surface area contributed by atoms with Crippen LogP contribution in [-0.4, -0.2) is 71.1 Å². The third-order valence-corrected chi connectivity index (χ3v) is 3.63. The van der Waals surface area contributed by atoms with Crippen LogP contribution >= 0.6 is 7.82 Å². The first-order valence-electron chi connectivity index (χ1n) is 5.99. The number of para-hydroxylation sites is 1. The molecule has 0 heterocycles. The van der Waals surface area contributed by atoms with Crippen molar-refractivity contribution in [1.29, 1.82) is 0 Å². The monoisotopic (exact) mass is 320 g/mol. The fourth-order valence-corrected chi connectivity index (χ4v) is 2.26. The van der Waals surface area contributed by atoms with E-state index in [9.17, 15) is 9.46 Å². The minimum absolute atomic E-state index is 0. The molecule has 0 bridgehead atoms. The van der Waals surface area contributed by atoms with Crippen molar-refractivity contribution in [2.24, 2.45) is 0 Å². The van der Waals surface area contributed by atoms with Gasteiger partial charge in [0.05, 0.1) is 0 Å². The van der Waals surface area contributed by atoms with E-state index in [4.69, 9.17) is 4.52 Å². The molecule has 4 nitrogen and oxygen atoms in total. The number of benzene rings is 1. The second-order valence-corrected chi connectivity index (χ2v) is 6.30. The van der Waals surface area contributed by atoms with E-state index in [0.717, 1.165) is 18.2 Å². The molecule has 20 heavy (non-hydrogen) atoms. The quantitative estimate of drug-likeness (QED) is 0.669. The van der Waals surface area contributed by atoms with Gasteiger partial charge in [0.2, 0.25) is 0 Å². The maximum absolute atomic E-state index is 11.6. The predicted octanol–water partition coefficient (Wildman–Crippen LogP) is 2.76. The standard InChI is InChI=1S/C13H21O4P.2Na.2H/c1-9(2)11-7-6-8-12(10(3)4)13(11)17-18(14,15)16-5;;;;/h6-10H,1-5H3,(H,14,15);;;;. The number of hydrogen-bond acceptors (Lipinski definition) is 3. The summed E-state index contributed by atoms with van der Waals surface area (Å²) >= 11 is 0. The van der Waals surface area contributed by atoms with Crippen molar-refractivity contribution in [3.05, 3.63) is 29.3 Å². The maximum atomic E-state index is 11.6. The Balaban J connectivity index is 0. The predicted molar refractivity (Wildman–Crippen MR) is 86.4 cm³/mol. The molecular formula is C13H23Na2O4P. The third-order valence-electron chi connectivity index (χ3n) is 2.76. The normalized spacial score (nSPS) is 13.4. The van der Waals surface area contributed by atoms with E-state index in [0.29, 0.717) is 5.75 Å². The minimum atomic E-state index is -4.03. The first kappa shape index (κ1) is 23.4. The molecule has 0 amide bonds. The Morgan fingerprint density at radius 1 is 1.05 bits per heavy atom. The summed E-state index contributed by atoms with van der Waals surface area (Å²) in [5.41, 5.74) is 1.82. The Labute approximate surface area is 165 Å². The molecule has 0 spiro atoms. The number of phosphoric ester groups is 1. The van der Waals surface area contributed by atoms with Crippen LogP contribution in [0.25, 0.3) is 0 Å². The van der Waals surface area contributed by atoms with Gasteiger partial charge in [0.25, 0.3) is 0 Å². The van der Waals surface area contributed by atoms with E-state index in [-0.39, 0.29) is 71.0 Å². The van der Waals surface area contributed by atoms with E-state index in [1.807, 2.05) is 45.9 Å². The van der Waals surface area contributed by atoms with Gasteiger partial charge in [0.15, 0.2) is 0 Å². The molecule has 1 atom stereocenters. The average Bonchev–Trinajstić information content (AvgIpc) is 2.28. The van der Waals surface area contributed by atoms with E-state index in [2.05, 4.69) is 4.52 Å². The molecule has 0 aliphatic heterocycles. The number of phosphoric acid groups is 1. The van der Waals surface area contributed by atoms with E-state index >= 15 is 0 Å². The fraction of sp³-hybridized carbons (Fsp3) is 0.538. The molecule has 1 aromatic carbocycles. The third kappa shape index (κ3) is 6.51. The topological polar surface area (TPSA) is 55.8 Å². The summed E-state index contributed by atoms with van der Waals surface area (Å²) in [6.07, 6.45) is 0. The molecule has 0 fully saturated rings. The fourth-order valence-electron chi connectivity index (χ4n) is 1.74. The van der Waals surface area contributed by atoms with Gasteiger partial charge in [-0.05, 0) is 23.0 Å². The Bertz CT molecular complexity index is 437. The summed E-state index contributed by atoms with van der Waals surface area (Å²) in [6, 6.07) is 5.75. The zero-order valence-corrected chi connectivity index (χ0v) is 12.4. The van der Waals surface area contributed by atoms with Crippen LogP contribution in [0.15, 0.2) is 18.2 Å². The molecule has 0 aliphatic rings. The van der Waals surface area contributed by atoms with Crippen LogP contribution in [0.5, 0.6) is 5.75 Å². The van der Waals surface area contributed by atoms with Crippen molar-refractivity contribution >= 4 is 66.9 Å². The van der Waals surface area contributed by atoms with E-state index in [1.54, 1.807) is 0 Å². The Morgan fingerprint density at radius 2 is 1.45 bits per heavy atom. The van der Waals surface area contributed by atoms with Crippen LogP contribution in [0.3, 0.4) is 0 Å². The zero-order chi connectivity index (χ0) is 13.9. The molecule has 1 aromatic rings. The summed E-state index contributed by atoms with van der Waals surface area (Å²) in [6.45, 7) is 8.06. The Kier molecular flexibility index (Phi) is 11.8. The van der Waals surface area contributed by atoms with Gasteiger partial charge in [-0.2, -0.15) is 0 Å². The van der Waals surface area contributed by atoms with Crippen LogP contribution in [0.1, 0.15) is 50.7 Å². The number of rotatable bonds is 5. The van der Waals surface area contributed by atoms with Crippen molar-refractivity contribution in [1.82, 2.24) is 0 Å². The van der Waals surface area contributed by atoms with Crippen LogP contribution in [0, 0.1) is 0 Å². The molecule has 1 N–H and O–H groups in total. The van der Waals surface area contributed by atoms with Crippen molar-refractivity contribution in [3.8, 4) is 5.75 Å². The molecule has 1 rings (SSSR count). The first-order valence-corrected chi connectivity index (χ1v) is 7.49. The van der Waals surface area contributed by atoms with Crippen LogP contribution in [0.4, 0.5) is 0 Å². The first-order chi connectivity index (χ1) is 8.28. The van der Waals surface area contributed by atoms with Gasteiger partial charge in [0.1, 0.15) is 5.75 Å². The van der Waals surface area contributed by atoms with Crippen LogP contribution < -0.4 is 4.52 Å². The molecule has 0 radical (unpaired) electrons. The molecule has 106 valence electrons. The second-order valence-electron chi connectivity index (χ2n) is 4.82. The van der Waals surface area contributed by atoms with Gasteiger partial charge in [-0.3, -0.25) is 9.42 Å². The Morgan fingerprint density at radius 3 is 1.75 bits per heavy atom. The van der Waals surface area contributed by atoms with Crippen molar-refractivity contribution in [3.63, 3.8) is 0 Å². The molecule has 0 aromatic heterocycles. The van der Waals surface area contributed by atoms with Crippen molar-refractivity contribution in [2.75, 3.05) is 7.11 Å². The summed E-state index contributed by atoms with van der Waals surface area (Å²) in [5, 5.41) is 0. The zero-order valence-electron chi connectivity index (χ0n) is 11.5. The van der Waals surface area contributed by atoms with Crippen molar-refractivity contribution in [2.45, 2.75) is 39.5 Å². The van der Waals surface area contributed by atoms with Gasteiger partial charge in [-0.15, -0.1) is 0 Å². The van der Waals surface area contributed by atoms with E-state index in [1.165, 1.54) is 0 Å². The van der Waals surface area contributed by atoms with Gasteiger partial charge < -0.3 is 4.52 Å². The Hall–Kier alpha value is 1.17. The van der Waals surface area contributed by atoms with Gasteiger partial charge in [0, 0.05) is 7.11 Å². The van der Waals surface area contributed by atoms with Crippen molar-refractivity contribution < 1.29 is 18.5 Å². The van der Waals surface area contributed by atoms with Gasteiger partial charge in [-0.1, -0.05) is 45.9 Å². The molecular weight excluding hydrogens is 297 g/mol. The molecule has 0 saturated carbocycles. The SMILES string of the molecule is COP(=O)(O)Oc1c(C(C)C)cccc1C(C)C.[NaH].[NaH]. The van der Waals surface area contributed by atoms with Gasteiger partial charge >= 0.3 is 66.9 Å². The summed E-state index contributed by atoms with van der Waals surface area (Å²) in [4.78, 5) is 9.50. The molecule has 7 heteroatoms. The van der Waals surface area contributed by atoms with Crippen LogP contribution in [0.2, 0.25) is 0 Å². The van der Waals surface area contributed by atoms with E-state index < -0.39 is 7.82 Å². The molecule has 1 unspecified atom stereocenters. The second kappa shape index (κ2) is 10.0. The average molecular weight is 320 g/mol. The summed E-state index contributed by atoms with van der Waals surface area (Å²) in [7, 11) is -2.87. The summed E-state index contributed by atoms with van der Waals surface area (Å²) < 4.78 is 21.3. The molecule has 0 saturated heterocycles. The van der Waals surface area contributed by atoms with Gasteiger partial charge in [-0.25, -0.2) is 4.57 Å². The van der Waals surface area contributed by atoms with Crippen LogP contribution in [-0.2, 0) is 9.09 Å². The number of hydrogen-bond donors (Lipinski definition) is 1. The molecule has 0 aliphatic carbocycles. The summed E-state index contributed by atoms with van der Waals surface area (Å²) in [5.74, 6) is 0.876.